The molecule has 0 amide bonds. The van der Waals surface area contributed by atoms with Crippen molar-refractivity contribution in [2.75, 3.05) is 13.1 Å². The lowest BCUT2D eigenvalue weighted by Crippen LogP contribution is -2.42. The van der Waals surface area contributed by atoms with E-state index in [-0.39, 0.29) is 0 Å². The van der Waals surface area contributed by atoms with Crippen LogP contribution in [0.25, 0.3) is 0 Å². The van der Waals surface area contributed by atoms with Crippen LogP contribution in [0.2, 0.25) is 0 Å². The number of piperidine rings is 1. The maximum absolute atomic E-state index is 11.3. The number of ketones is 1. The summed E-state index contributed by atoms with van der Waals surface area (Å²) in [5.74, 6) is 0.876. The highest BCUT2D eigenvalue weighted by molar-refractivity contribution is 7.09. The Morgan fingerprint density at radius 1 is 1.69 bits per heavy atom. The molecule has 4 heteroatoms. The average molecular weight is 238 g/mol. The number of aromatic nitrogens is 1. The van der Waals surface area contributed by atoms with Crippen molar-refractivity contribution < 1.29 is 4.79 Å². The van der Waals surface area contributed by atoms with Crippen LogP contribution in [0, 0.1) is 0 Å². The molecule has 2 unspecified atom stereocenters. The molecule has 0 N–H and O–H groups in total. The molecule has 1 aromatic rings. The molecule has 0 aliphatic carbocycles. The first-order valence-electron chi connectivity index (χ1n) is 5.82. The predicted molar refractivity (Wildman–Crippen MR) is 65.8 cm³/mol. The molecule has 1 fully saturated rings. The van der Waals surface area contributed by atoms with Crippen LogP contribution >= 0.6 is 11.3 Å². The zero-order valence-corrected chi connectivity index (χ0v) is 10.7. The summed E-state index contributed by atoms with van der Waals surface area (Å²) in [6, 6.07) is 0.392. The van der Waals surface area contributed by atoms with E-state index in [1.54, 1.807) is 11.3 Å². The molecule has 0 aromatic carbocycles. The second-order valence-electron chi connectivity index (χ2n) is 4.61. The summed E-state index contributed by atoms with van der Waals surface area (Å²) in [6.45, 7) is 6.28. The summed E-state index contributed by atoms with van der Waals surface area (Å²) < 4.78 is 0. The number of thiazole rings is 1. The van der Waals surface area contributed by atoms with E-state index in [1.165, 1.54) is 5.01 Å². The third-order valence-corrected chi connectivity index (χ3v) is 4.21. The molecule has 2 heterocycles. The fourth-order valence-corrected chi connectivity index (χ4v) is 2.92. The highest BCUT2D eigenvalue weighted by Gasteiger charge is 2.25. The van der Waals surface area contributed by atoms with Crippen LogP contribution in [-0.4, -0.2) is 34.8 Å². The minimum Gasteiger partial charge on any atom is -0.300 e. The maximum Gasteiger partial charge on any atom is 0.135 e. The molecule has 0 bridgehead atoms. The maximum atomic E-state index is 11.3. The summed E-state index contributed by atoms with van der Waals surface area (Å²) in [6.07, 6.45) is 3.29. The Morgan fingerprint density at radius 3 is 3.12 bits per heavy atom. The molecule has 1 saturated heterocycles. The Morgan fingerprint density at radius 2 is 2.50 bits per heavy atom. The van der Waals surface area contributed by atoms with Gasteiger partial charge in [-0.2, -0.15) is 0 Å². The molecule has 0 spiro atoms. The lowest BCUT2D eigenvalue weighted by molar-refractivity contribution is -0.122. The van der Waals surface area contributed by atoms with Crippen molar-refractivity contribution in [3.63, 3.8) is 0 Å². The number of hydrogen-bond donors (Lipinski definition) is 0. The average Bonchev–Trinajstić information content (AvgIpc) is 2.75. The van der Waals surface area contributed by atoms with Gasteiger partial charge < -0.3 is 0 Å². The van der Waals surface area contributed by atoms with Crippen molar-refractivity contribution in [2.45, 2.75) is 38.6 Å². The minimum absolute atomic E-state index is 0.392. The summed E-state index contributed by atoms with van der Waals surface area (Å²) in [7, 11) is 0. The Labute approximate surface area is 100 Å². The SMILES string of the molecule is CC(CN1CCC(=O)CC1C)c1nccs1. The Kier molecular flexibility index (Phi) is 3.71. The van der Waals surface area contributed by atoms with E-state index < -0.39 is 0 Å². The van der Waals surface area contributed by atoms with Gasteiger partial charge in [0.1, 0.15) is 5.78 Å². The predicted octanol–water partition coefficient (Wildman–Crippen LogP) is 2.30. The van der Waals surface area contributed by atoms with Crippen molar-refractivity contribution in [3.05, 3.63) is 16.6 Å². The number of hydrogen-bond acceptors (Lipinski definition) is 4. The number of nitrogens with zero attached hydrogens (tertiary/aromatic N) is 2. The fourth-order valence-electron chi connectivity index (χ4n) is 2.23. The smallest absolute Gasteiger partial charge is 0.135 e. The summed E-state index contributed by atoms with van der Waals surface area (Å²) >= 11 is 1.72. The van der Waals surface area contributed by atoms with Crippen molar-refractivity contribution >= 4 is 17.1 Å². The van der Waals surface area contributed by atoms with Gasteiger partial charge in [-0.05, 0) is 6.92 Å². The van der Waals surface area contributed by atoms with Crippen LogP contribution in [0.4, 0.5) is 0 Å². The van der Waals surface area contributed by atoms with Crippen LogP contribution in [0.15, 0.2) is 11.6 Å². The largest absolute Gasteiger partial charge is 0.300 e. The van der Waals surface area contributed by atoms with E-state index in [0.29, 0.717) is 24.2 Å². The van der Waals surface area contributed by atoms with Gasteiger partial charge in [0.05, 0.1) is 5.01 Å². The molecular weight excluding hydrogens is 220 g/mol. The van der Waals surface area contributed by atoms with Gasteiger partial charge in [0.2, 0.25) is 0 Å². The molecule has 1 aliphatic heterocycles. The quantitative estimate of drug-likeness (QED) is 0.810. The summed E-state index contributed by atoms with van der Waals surface area (Å²) in [4.78, 5) is 18.1. The molecule has 0 radical (unpaired) electrons. The van der Waals surface area contributed by atoms with E-state index in [4.69, 9.17) is 0 Å². The van der Waals surface area contributed by atoms with Crippen molar-refractivity contribution in [2.24, 2.45) is 0 Å². The zero-order valence-electron chi connectivity index (χ0n) is 9.85. The van der Waals surface area contributed by atoms with Gasteiger partial charge >= 0.3 is 0 Å². The molecule has 16 heavy (non-hydrogen) atoms. The zero-order chi connectivity index (χ0) is 11.5. The Bertz CT molecular complexity index is 350. The minimum atomic E-state index is 0.392. The standard InChI is InChI=1S/C12H18N2OS/c1-9(12-13-4-6-16-12)8-14-5-3-11(15)7-10(14)2/h4,6,9-10H,3,5,7-8H2,1-2H3. The number of likely N-dealkylation sites (tertiary alicyclic amines) is 1. The summed E-state index contributed by atoms with van der Waals surface area (Å²) in [5.41, 5.74) is 0. The van der Waals surface area contributed by atoms with E-state index >= 15 is 0 Å². The topological polar surface area (TPSA) is 33.2 Å². The third kappa shape index (κ3) is 2.68. The van der Waals surface area contributed by atoms with Gasteiger partial charge in [-0.15, -0.1) is 11.3 Å². The monoisotopic (exact) mass is 238 g/mol. The fraction of sp³-hybridized carbons (Fsp3) is 0.667. The first kappa shape index (κ1) is 11.7. The molecule has 0 saturated carbocycles. The first-order chi connectivity index (χ1) is 7.66. The Balaban J connectivity index is 1.92. The number of carbonyl (C=O) groups is 1. The highest BCUT2D eigenvalue weighted by atomic mass is 32.1. The van der Waals surface area contributed by atoms with E-state index in [0.717, 1.165) is 19.5 Å². The molecule has 1 aliphatic rings. The molecule has 3 nitrogen and oxygen atoms in total. The van der Waals surface area contributed by atoms with Crippen molar-refractivity contribution in [3.8, 4) is 0 Å². The van der Waals surface area contributed by atoms with Crippen LogP contribution in [0.3, 0.4) is 0 Å². The molecule has 88 valence electrons. The normalized spacial score (nSPS) is 24.6. The number of rotatable bonds is 3. The number of Topliss-reactive ketones (excluding diaryl/α,β-unsaturated/α-hetero) is 1. The van der Waals surface area contributed by atoms with E-state index in [1.807, 2.05) is 11.6 Å². The van der Waals surface area contributed by atoms with Gasteiger partial charge in [0.25, 0.3) is 0 Å². The highest BCUT2D eigenvalue weighted by Crippen LogP contribution is 2.22. The van der Waals surface area contributed by atoms with E-state index in [9.17, 15) is 4.79 Å². The van der Waals surface area contributed by atoms with Crippen LogP contribution in [-0.2, 0) is 4.79 Å². The van der Waals surface area contributed by atoms with Gasteiger partial charge in [0, 0.05) is 49.5 Å². The molecule has 1 aromatic heterocycles. The van der Waals surface area contributed by atoms with Gasteiger partial charge in [0.15, 0.2) is 0 Å². The van der Waals surface area contributed by atoms with E-state index in [2.05, 4.69) is 23.7 Å². The lowest BCUT2D eigenvalue weighted by atomic mass is 10.0. The summed E-state index contributed by atoms with van der Waals surface area (Å²) in [5, 5.41) is 3.22. The van der Waals surface area contributed by atoms with Crippen LogP contribution in [0.5, 0.6) is 0 Å². The second kappa shape index (κ2) is 5.06. The molecular formula is C12H18N2OS. The number of carbonyl (C=O) groups excluding carboxylic acids is 1. The van der Waals surface area contributed by atoms with Gasteiger partial charge in [-0.3, -0.25) is 9.69 Å². The molecule has 2 atom stereocenters. The van der Waals surface area contributed by atoms with Crippen molar-refractivity contribution in [1.82, 2.24) is 9.88 Å². The lowest BCUT2D eigenvalue weighted by Gasteiger charge is -2.34. The third-order valence-electron chi connectivity index (χ3n) is 3.21. The van der Waals surface area contributed by atoms with Gasteiger partial charge in [-0.1, -0.05) is 6.92 Å². The van der Waals surface area contributed by atoms with Crippen LogP contribution < -0.4 is 0 Å². The van der Waals surface area contributed by atoms with Crippen LogP contribution in [0.1, 0.15) is 37.6 Å². The second-order valence-corrected chi connectivity index (χ2v) is 5.53. The van der Waals surface area contributed by atoms with Crippen molar-refractivity contribution in [1.29, 1.82) is 0 Å². The first-order valence-corrected chi connectivity index (χ1v) is 6.70. The molecule has 2 rings (SSSR count). The van der Waals surface area contributed by atoms with Gasteiger partial charge in [-0.25, -0.2) is 4.98 Å². The Hall–Kier alpha value is -0.740.